The predicted octanol–water partition coefficient (Wildman–Crippen LogP) is 0.581. The number of ether oxygens (including phenoxy) is 1. The minimum atomic E-state index is -0.825. The molecule has 0 spiro atoms. The molecule has 1 aromatic rings. The van der Waals surface area contributed by atoms with E-state index in [4.69, 9.17) is 5.21 Å². The Balaban J connectivity index is 2.74. The summed E-state index contributed by atoms with van der Waals surface area (Å²) in [5.41, 5.74) is 2.24. The van der Waals surface area contributed by atoms with Gasteiger partial charge in [-0.1, -0.05) is 5.16 Å². The molecule has 0 unspecified atom stereocenters. The SMILES string of the molecule is CCOC(=O)C(=N/O)/C(C)=N\NC(=O)c1ccncc1. The summed E-state index contributed by atoms with van der Waals surface area (Å²) in [7, 11) is 0. The number of nitrogens with one attached hydrogen (secondary N) is 1. The number of esters is 1. The molecule has 0 atom stereocenters. The summed E-state index contributed by atoms with van der Waals surface area (Å²) in [6.45, 7) is 3.15. The molecule has 0 aromatic carbocycles. The summed E-state index contributed by atoms with van der Waals surface area (Å²) in [5, 5.41) is 15.2. The van der Waals surface area contributed by atoms with Crippen molar-refractivity contribution >= 4 is 23.3 Å². The molecular formula is C12H14N4O4. The van der Waals surface area contributed by atoms with E-state index >= 15 is 0 Å². The average Bonchev–Trinajstić information content (AvgIpc) is 2.46. The third kappa shape index (κ3) is 4.16. The Kier molecular flexibility index (Phi) is 5.82. The first kappa shape index (κ1) is 15.3. The van der Waals surface area contributed by atoms with Gasteiger partial charge in [-0.25, -0.2) is 10.2 Å². The van der Waals surface area contributed by atoms with Crippen molar-refractivity contribution in [3.8, 4) is 0 Å². The lowest BCUT2D eigenvalue weighted by molar-refractivity contribution is -0.134. The zero-order valence-electron chi connectivity index (χ0n) is 11.0. The highest BCUT2D eigenvalue weighted by Gasteiger charge is 2.17. The summed E-state index contributed by atoms with van der Waals surface area (Å²) >= 11 is 0. The van der Waals surface area contributed by atoms with Gasteiger partial charge in [0, 0.05) is 18.0 Å². The number of nitrogens with zero attached hydrogens (tertiary/aromatic N) is 3. The first-order chi connectivity index (χ1) is 9.60. The van der Waals surface area contributed by atoms with Crippen LogP contribution in [-0.2, 0) is 9.53 Å². The lowest BCUT2D eigenvalue weighted by Crippen LogP contribution is -2.28. The number of pyridine rings is 1. The van der Waals surface area contributed by atoms with Crippen LogP contribution in [0, 0.1) is 0 Å². The van der Waals surface area contributed by atoms with Crippen LogP contribution in [0.15, 0.2) is 34.8 Å². The number of amides is 1. The van der Waals surface area contributed by atoms with Crippen molar-refractivity contribution in [1.29, 1.82) is 0 Å². The quantitative estimate of drug-likeness (QED) is 0.354. The number of carbonyl (C=O) groups is 2. The molecule has 0 bridgehead atoms. The van der Waals surface area contributed by atoms with E-state index in [0.29, 0.717) is 5.56 Å². The first-order valence-corrected chi connectivity index (χ1v) is 5.74. The maximum Gasteiger partial charge on any atom is 0.362 e. The number of hydrazone groups is 1. The van der Waals surface area contributed by atoms with Crippen LogP contribution in [0.4, 0.5) is 0 Å². The molecule has 0 aliphatic rings. The predicted molar refractivity (Wildman–Crippen MR) is 70.7 cm³/mol. The largest absolute Gasteiger partial charge is 0.461 e. The van der Waals surface area contributed by atoms with Crippen molar-refractivity contribution < 1.29 is 19.5 Å². The number of rotatable bonds is 5. The lowest BCUT2D eigenvalue weighted by atomic mass is 10.2. The fourth-order valence-corrected chi connectivity index (χ4v) is 1.22. The van der Waals surface area contributed by atoms with E-state index in [2.05, 4.69) is 25.4 Å². The number of aromatic nitrogens is 1. The number of oxime groups is 1. The van der Waals surface area contributed by atoms with Gasteiger partial charge in [0.25, 0.3) is 5.91 Å². The minimum Gasteiger partial charge on any atom is -0.461 e. The van der Waals surface area contributed by atoms with Gasteiger partial charge in [0.05, 0.1) is 12.3 Å². The van der Waals surface area contributed by atoms with Crippen molar-refractivity contribution in [2.75, 3.05) is 6.61 Å². The number of hydrogen-bond acceptors (Lipinski definition) is 7. The molecule has 0 saturated heterocycles. The lowest BCUT2D eigenvalue weighted by Gasteiger charge is -2.04. The molecule has 0 fully saturated rings. The monoisotopic (exact) mass is 278 g/mol. The zero-order valence-corrected chi connectivity index (χ0v) is 11.0. The molecule has 1 heterocycles. The number of carbonyl (C=O) groups excluding carboxylic acids is 2. The van der Waals surface area contributed by atoms with Crippen LogP contribution in [0.25, 0.3) is 0 Å². The molecule has 0 aliphatic heterocycles. The van der Waals surface area contributed by atoms with Crippen molar-refractivity contribution in [2.24, 2.45) is 10.3 Å². The molecule has 8 heteroatoms. The zero-order chi connectivity index (χ0) is 15.0. The first-order valence-electron chi connectivity index (χ1n) is 5.74. The second kappa shape index (κ2) is 7.62. The molecule has 0 aliphatic carbocycles. The van der Waals surface area contributed by atoms with Crippen LogP contribution in [0.1, 0.15) is 24.2 Å². The van der Waals surface area contributed by atoms with Crippen LogP contribution in [0.5, 0.6) is 0 Å². The average molecular weight is 278 g/mol. The van der Waals surface area contributed by atoms with Gasteiger partial charge in [0.1, 0.15) is 0 Å². The molecule has 20 heavy (non-hydrogen) atoms. The topological polar surface area (TPSA) is 113 Å². The summed E-state index contributed by atoms with van der Waals surface area (Å²) in [4.78, 5) is 26.9. The van der Waals surface area contributed by atoms with E-state index in [1.807, 2.05) is 0 Å². The molecule has 0 saturated carbocycles. The van der Waals surface area contributed by atoms with Gasteiger partial charge >= 0.3 is 5.97 Å². The van der Waals surface area contributed by atoms with Crippen LogP contribution < -0.4 is 5.43 Å². The Hall–Kier alpha value is -2.77. The van der Waals surface area contributed by atoms with E-state index in [-0.39, 0.29) is 18.0 Å². The normalized spacial score (nSPS) is 11.9. The Bertz CT molecular complexity index is 540. The van der Waals surface area contributed by atoms with Crippen LogP contribution in [0.2, 0.25) is 0 Å². The van der Waals surface area contributed by atoms with Crippen LogP contribution in [0.3, 0.4) is 0 Å². The van der Waals surface area contributed by atoms with Gasteiger partial charge in [-0.15, -0.1) is 0 Å². The highest BCUT2D eigenvalue weighted by molar-refractivity contribution is 6.65. The maximum absolute atomic E-state index is 11.7. The molecule has 8 nitrogen and oxygen atoms in total. The summed E-state index contributed by atoms with van der Waals surface area (Å²) in [5.74, 6) is -1.30. The fraction of sp³-hybridized carbons (Fsp3) is 0.250. The van der Waals surface area contributed by atoms with E-state index in [9.17, 15) is 9.59 Å². The van der Waals surface area contributed by atoms with Gasteiger partial charge in [-0.3, -0.25) is 9.78 Å². The van der Waals surface area contributed by atoms with Crippen LogP contribution >= 0.6 is 0 Å². The van der Waals surface area contributed by atoms with Gasteiger partial charge in [0.15, 0.2) is 0 Å². The minimum absolute atomic E-state index is 0.0216. The second-order valence-corrected chi connectivity index (χ2v) is 3.54. The third-order valence-corrected chi connectivity index (χ3v) is 2.18. The summed E-state index contributed by atoms with van der Waals surface area (Å²) in [6, 6.07) is 3.01. The molecule has 0 radical (unpaired) electrons. The van der Waals surface area contributed by atoms with E-state index in [0.717, 1.165) is 0 Å². The van der Waals surface area contributed by atoms with Crippen LogP contribution in [-0.4, -0.2) is 40.1 Å². The Morgan fingerprint density at radius 1 is 1.40 bits per heavy atom. The van der Waals surface area contributed by atoms with Crippen molar-refractivity contribution in [1.82, 2.24) is 10.4 Å². The van der Waals surface area contributed by atoms with Crippen molar-refractivity contribution in [3.05, 3.63) is 30.1 Å². The fourth-order valence-electron chi connectivity index (χ4n) is 1.22. The van der Waals surface area contributed by atoms with Gasteiger partial charge in [-0.2, -0.15) is 5.10 Å². The molecular weight excluding hydrogens is 264 g/mol. The molecule has 2 N–H and O–H groups in total. The Morgan fingerprint density at radius 2 is 2.05 bits per heavy atom. The van der Waals surface area contributed by atoms with Crippen molar-refractivity contribution in [3.63, 3.8) is 0 Å². The third-order valence-electron chi connectivity index (χ3n) is 2.18. The van der Waals surface area contributed by atoms with Gasteiger partial charge < -0.3 is 9.94 Å². The smallest absolute Gasteiger partial charge is 0.362 e. The van der Waals surface area contributed by atoms with E-state index < -0.39 is 11.9 Å². The standard InChI is InChI=1S/C12H14N4O4/c1-3-20-12(18)10(16-19)8(2)14-15-11(17)9-4-6-13-7-5-9/h4-7,19H,3H2,1-2H3,(H,15,17)/b14-8-,16-10+. The highest BCUT2D eigenvalue weighted by Crippen LogP contribution is 1.96. The molecule has 106 valence electrons. The maximum atomic E-state index is 11.7. The summed E-state index contributed by atoms with van der Waals surface area (Å²) in [6.07, 6.45) is 2.93. The molecule has 1 aromatic heterocycles. The van der Waals surface area contributed by atoms with E-state index in [1.165, 1.54) is 31.5 Å². The molecule has 1 rings (SSSR count). The molecule has 1 amide bonds. The van der Waals surface area contributed by atoms with E-state index in [1.54, 1.807) is 6.92 Å². The highest BCUT2D eigenvalue weighted by atomic mass is 16.5. The Labute approximate surface area is 115 Å². The van der Waals surface area contributed by atoms with Gasteiger partial charge in [0.2, 0.25) is 5.71 Å². The van der Waals surface area contributed by atoms with Crippen molar-refractivity contribution in [2.45, 2.75) is 13.8 Å². The van der Waals surface area contributed by atoms with Gasteiger partial charge in [-0.05, 0) is 26.0 Å². The second-order valence-electron chi connectivity index (χ2n) is 3.54. The Morgan fingerprint density at radius 3 is 2.60 bits per heavy atom. The summed E-state index contributed by atoms with van der Waals surface area (Å²) < 4.78 is 4.68. The number of hydrogen-bond donors (Lipinski definition) is 2.